The minimum absolute atomic E-state index is 0. The molecule has 0 saturated carbocycles. The molecular formula is C26H20N2O2Pd. The summed E-state index contributed by atoms with van der Waals surface area (Å²) in [6.07, 6.45) is 3.31. The molecule has 0 atom stereocenters. The van der Waals surface area contributed by atoms with Crippen LogP contribution in [0.2, 0.25) is 0 Å². The van der Waals surface area contributed by atoms with Crippen molar-refractivity contribution in [3.05, 3.63) is 108 Å². The van der Waals surface area contributed by atoms with Crippen molar-refractivity contribution in [2.75, 3.05) is 0 Å². The van der Waals surface area contributed by atoms with Crippen LogP contribution in [0.4, 0.5) is 11.4 Å². The van der Waals surface area contributed by atoms with Gasteiger partial charge in [0.15, 0.2) is 0 Å². The van der Waals surface area contributed by atoms with Crippen molar-refractivity contribution < 1.29 is 30.6 Å². The normalized spacial score (nSPS) is 11.0. The van der Waals surface area contributed by atoms with Crippen molar-refractivity contribution in [3.8, 4) is 22.6 Å². The third kappa shape index (κ3) is 5.35. The molecule has 156 valence electrons. The zero-order valence-electron chi connectivity index (χ0n) is 16.5. The first kappa shape index (κ1) is 22.2. The maximum Gasteiger partial charge on any atom is 0.124 e. The minimum Gasteiger partial charge on any atom is -0.507 e. The van der Waals surface area contributed by atoms with Crippen LogP contribution in [0.5, 0.6) is 11.5 Å². The molecule has 0 amide bonds. The molecule has 0 spiro atoms. The fraction of sp³-hybridized carbons (Fsp3) is 0. The second-order valence-corrected chi connectivity index (χ2v) is 6.67. The van der Waals surface area contributed by atoms with Gasteiger partial charge in [-0.15, -0.1) is 0 Å². The maximum atomic E-state index is 9.99. The molecule has 4 rings (SSSR count). The van der Waals surface area contributed by atoms with Gasteiger partial charge in [0, 0.05) is 55.1 Å². The molecule has 0 heterocycles. The van der Waals surface area contributed by atoms with Crippen LogP contribution in [0.15, 0.2) is 107 Å². The molecule has 0 saturated heterocycles. The van der Waals surface area contributed by atoms with Gasteiger partial charge in [0.1, 0.15) is 11.5 Å². The Balaban J connectivity index is 0.00000272. The predicted octanol–water partition coefficient (Wildman–Crippen LogP) is 6.26. The molecule has 4 aromatic carbocycles. The largest absolute Gasteiger partial charge is 0.507 e. The summed E-state index contributed by atoms with van der Waals surface area (Å²) in [7, 11) is 0. The first-order valence-electron chi connectivity index (χ1n) is 9.55. The van der Waals surface area contributed by atoms with Gasteiger partial charge in [0.05, 0.1) is 11.4 Å². The van der Waals surface area contributed by atoms with Gasteiger partial charge in [-0.05, 0) is 36.4 Å². The van der Waals surface area contributed by atoms with E-state index in [0.29, 0.717) is 11.1 Å². The molecule has 0 unspecified atom stereocenters. The number of nitrogens with zero attached hydrogens (tertiary/aromatic N) is 2. The van der Waals surface area contributed by atoms with Crippen LogP contribution in [0.3, 0.4) is 0 Å². The smallest absolute Gasteiger partial charge is 0.124 e. The Bertz CT molecular complexity index is 1140. The summed E-state index contributed by atoms with van der Waals surface area (Å²) in [5.74, 6) is 0.373. The number of aliphatic imine (C=N–C) groups is 2. The number of benzene rings is 4. The molecule has 0 radical (unpaired) electrons. The molecular weight excluding hydrogens is 479 g/mol. The number of hydrogen-bond acceptors (Lipinski definition) is 4. The molecule has 0 aliphatic rings. The molecule has 31 heavy (non-hydrogen) atoms. The molecule has 0 aliphatic heterocycles. The number of phenolic OH excluding ortho intramolecular Hbond substituents is 2. The second-order valence-electron chi connectivity index (χ2n) is 6.67. The van der Waals surface area contributed by atoms with E-state index in [1.165, 1.54) is 0 Å². The van der Waals surface area contributed by atoms with Crippen molar-refractivity contribution in [1.29, 1.82) is 0 Å². The van der Waals surface area contributed by atoms with Crippen molar-refractivity contribution in [3.63, 3.8) is 0 Å². The van der Waals surface area contributed by atoms with Gasteiger partial charge in [-0.2, -0.15) is 0 Å². The molecule has 4 nitrogen and oxygen atoms in total. The average molecular weight is 499 g/mol. The van der Waals surface area contributed by atoms with Crippen molar-refractivity contribution in [2.45, 2.75) is 0 Å². The maximum absolute atomic E-state index is 9.99. The standard InChI is InChI=1S/C26H20N2O2.Pd/c29-25-15-7-1-9-19(25)17-27-23-13-5-3-11-21(23)22-12-4-6-14-24(22)28-18-20-10-2-8-16-26(20)30;/h1-18,29-30H;. The fourth-order valence-corrected chi connectivity index (χ4v) is 3.10. The van der Waals surface area contributed by atoms with Gasteiger partial charge in [0.25, 0.3) is 0 Å². The Morgan fingerprint density at radius 1 is 0.484 bits per heavy atom. The number of hydrogen-bond donors (Lipinski definition) is 2. The van der Waals surface area contributed by atoms with Gasteiger partial charge in [-0.25, -0.2) is 0 Å². The summed E-state index contributed by atoms with van der Waals surface area (Å²) in [6, 6.07) is 29.8. The van der Waals surface area contributed by atoms with Crippen LogP contribution in [0.25, 0.3) is 11.1 Å². The Kier molecular flexibility index (Phi) is 7.51. The van der Waals surface area contributed by atoms with E-state index >= 15 is 0 Å². The Morgan fingerprint density at radius 3 is 1.26 bits per heavy atom. The zero-order valence-corrected chi connectivity index (χ0v) is 18.1. The summed E-state index contributed by atoms with van der Waals surface area (Å²) in [5.41, 5.74) is 4.69. The Hall–Kier alpha value is -3.52. The van der Waals surface area contributed by atoms with E-state index in [9.17, 15) is 10.2 Å². The van der Waals surface area contributed by atoms with Gasteiger partial charge >= 0.3 is 0 Å². The molecule has 5 heteroatoms. The predicted molar refractivity (Wildman–Crippen MR) is 123 cm³/mol. The molecule has 0 aromatic heterocycles. The third-order valence-corrected chi connectivity index (χ3v) is 4.66. The van der Waals surface area contributed by atoms with Gasteiger partial charge in [-0.3, -0.25) is 9.98 Å². The Morgan fingerprint density at radius 2 is 0.839 bits per heavy atom. The molecule has 2 N–H and O–H groups in total. The van der Waals surface area contributed by atoms with Gasteiger partial charge in [-0.1, -0.05) is 60.7 Å². The summed E-state index contributed by atoms with van der Waals surface area (Å²) < 4.78 is 0. The molecule has 0 bridgehead atoms. The number of para-hydroxylation sites is 4. The number of phenols is 2. The molecule has 0 fully saturated rings. The molecule has 4 aromatic rings. The molecule has 0 aliphatic carbocycles. The third-order valence-electron chi connectivity index (χ3n) is 4.66. The van der Waals surface area contributed by atoms with E-state index in [-0.39, 0.29) is 31.9 Å². The van der Waals surface area contributed by atoms with Crippen LogP contribution in [0.1, 0.15) is 11.1 Å². The van der Waals surface area contributed by atoms with Gasteiger partial charge < -0.3 is 10.2 Å². The van der Waals surface area contributed by atoms with E-state index in [1.807, 2.05) is 72.8 Å². The van der Waals surface area contributed by atoms with Crippen molar-refractivity contribution in [1.82, 2.24) is 0 Å². The summed E-state index contributed by atoms with van der Waals surface area (Å²) in [4.78, 5) is 9.22. The minimum atomic E-state index is 0. The average Bonchev–Trinajstić information content (AvgIpc) is 2.78. The van der Waals surface area contributed by atoms with E-state index in [4.69, 9.17) is 0 Å². The van der Waals surface area contributed by atoms with Crippen LogP contribution >= 0.6 is 0 Å². The van der Waals surface area contributed by atoms with Crippen LogP contribution in [-0.4, -0.2) is 22.6 Å². The van der Waals surface area contributed by atoms with Gasteiger partial charge in [0.2, 0.25) is 0 Å². The van der Waals surface area contributed by atoms with Crippen LogP contribution < -0.4 is 0 Å². The zero-order chi connectivity index (χ0) is 20.8. The summed E-state index contributed by atoms with van der Waals surface area (Å²) in [5, 5.41) is 20.0. The second kappa shape index (κ2) is 10.5. The first-order chi connectivity index (χ1) is 14.7. The Labute approximate surface area is 194 Å². The fourth-order valence-electron chi connectivity index (χ4n) is 3.10. The number of aromatic hydroxyl groups is 2. The van der Waals surface area contributed by atoms with Crippen LogP contribution in [0, 0.1) is 0 Å². The van der Waals surface area contributed by atoms with Crippen LogP contribution in [-0.2, 0) is 20.4 Å². The number of rotatable bonds is 5. The van der Waals surface area contributed by atoms with E-state index < -0.39 is 0 Å². The monoisotopic (exact) mass is 498 g/mol. The van der Waals surface area contributed by atoms with E-state index in [2.05, 4.69) is 9.98 Å². The topological polar surface area (TPSA) is 65.2 Å². The summed E-state index contributed by atoms with van der Waals surface area (Å²) in [6.45, 7) is 0. The summed E-state index contributed by atoms with van der Waals surface area (Å²) >= 11 is 0. The van der Waals surface area contributed by atoms with Crippen molar-refractivity contribution in [2.24, 2.45) is 9.98 Å². The van der Waals surface area contributed by atoms with Crippen molar-refractivity contribution >= 4 is 23.8 Å². The quantitative estimate of drug-likeness (QED) is 0.252. The first-order valence-corrected chi connectivity index (χ1v) is 9.55. The van der Waals surface area contributed by atoms with E-state index in [0.717, 1.165) is 22.5 Å². The van der Waals surface area contributed by atoms with E-state index in [1.54, 1.807) is 36.7 Å². The SMILES string of the molecule is Oc1ccccc1C=Nc1ccccc1-c1ccccc1N=Cc1ccccc1O.[Pd].